The molecule has 0 aromatic rings. The summed E-state index contributed by atoms with van der Waals surface area (Å²) in [5.41, 5.74) is 11.1. The van der Waals surface area contributed by atoms with Crippen molar-refractivity contribution in [3.8, 4) is 0 Å². The van der Waals surface area contributed by atoms with E-state index in [2.05, 4.69) is 10.9 Å². The molecule has 3 heteroatoms. The standard InChI is InChI=1S/C4H9N3/c5-4-1-2-6-7-3-4/h1-2,4,6-7H,3,5H2. The van der Waals surface area contributed by atoms with Gasteiger partial charge in [0.1, 0.15) is 0 Å². The minimum atomic E-state index is 0.182. The van der Waals surface area contributed by atoms with Gasteiger partial charge in [-0.1, -0.05) is 0 Å². The Morgan fingerprint density at radius 2 is 2.57 bits per heavy atom. The Bertz CT molecular complexity index is 79.0. The van der Waals surface area contributed by atoms with Gasteiger partial charge in [-0.05, 0) is 6.08 Å². The highest BCUT2D eigenvalue weighted by Gasteiger charge is 1.97. The van der Waals surface area contributed by atoms with Crippen LogP contribution in [0, 0.1) is 0 Å². The van der Waals surface area contributed by atoms with E-state index in [-0.39, 0.29) is 6.04 Å². The summed E-state index contributed by atoms with van der Waals surface area (Å²) in [6, 6.07) is 0.182. The molecule has 7 heavy (non-hydrogen) atoms. The van der Waals surface area contributed by atoms with Crippen LogP contribution >= 0.6 is 0 Å². The number of nitrogens with one attached hydrogen (secondary N) is 2. The molecule has 0 saturated heterocycles. The summed E-state index contributed by atoms with van der Waals surface area (Å²) in [7, 11) is 0. The first-order valence-corrected chi connectivity index (χ1v) is 2.30. The molecular formula is C4H9N3. The molecule has 0 aromatic carbocycles. The topological polar surface area (TPSA) is 50.1 Å². The molecule has 0 aromatic heterocycles. The summed E-state index contributed by atoms with van der Waals surface area (Å²) in [5, 5.41) is 0. The van der Waals surface area contributed by atoms with Crippen molar-refractivity contribution in [2.24, 2.45) is 5.73 Å². The minimum absolute atomic E-state index is 0.182. The number of nitrogens with two attached hydrogens (primary N) is 1. The van der Waals surface area contributed by atoms with E-state index in [1.54, 1.807) is 6.20 Å². The predicted octanol–water partition coefficient (Wildman–Crippen LogP) is -1.06. The van der Waals surface area contributed by atoms with Crippen molar-refractivity contribution in [1.29, 1.82) is 0 Å². The summed E-state index contributed by atoms with van der Waals surface area (Å²) < 4.78 is 0. The molecule has 0 fully saturated rings. The van der Waals surface area contributed by atoms with Crippen LogP contribution in [0.2, 0.25) is 0 Å². The van der Waals surface area contributed by atoms with Crippen LogP contribution in [0.5, 0.6) is 0 Å². The van der Waals surface area contributed by atoms with E-state index in [4.69, 9.17) is 5.73 Å². The lowest BCUT2D eigenvalue weighted by Gasteiger charge is -2.12. The molecule has 1 unspecified atom stereocenters. The zero-order valence-corrected chi connectivity index (χ0v) is 4.02. The molecule has 1 aliphatic heterocycles. The van der Waals surface area contributed by atoms with E-state index in [1.165, 1.54) is 0 Å². The fraction of sp³-hybridized carbons (Fsp3) is 0.500. The van der Waals surface area contributed by atoms with Crippen LogP contribution < -0.4 is 16.6 Å². The van der Waals surface area contributed by atoms with Gasteiger partial charge in [-0.2, -0.15) is 0 Å². The monoisotopic (exact) mass is 99.1 g/mol. The van der Waals surface area contributed by atoms with Gasteiger partial charge in [-0.3, -0.25) is 0 Å². The van der Waals surface area contributed by atoms with Gasteiger partial charge in [-0.15, -0.1) is 0 Å². The van der Waals surface area contributed by atoms with Gasteiger partial charge in [-0.25, -0.2) is 5.43 Å². The predicted molar refractivity (Wildman–Crippen MR) is 28.3 cm³/mol. The number of hydrogen-bond donors (Lipinski definition) is 3. The third-order valence-corrected chi connectivity index (χ3v) is 0.867. The molecule has 0 bridgehead atoms. The van der Waals surface area contributed by atoms with Crippen LogP contribution in [0.25, 0.3) is 0 Å². The van der Waals surface area contributed by atoms with Crippen molar-refractivity contribution in [3.05, 3.63) is 12.3 Å². The average Bonchev–Trinajstić information content (AvgIpc) is 1.69. The Balaban J connectivity index is 2.36. The highest BCUT2D eigenvalue weighted by Crippen LogP contribution is 1.80. The summed E-state index contributed by atoms with van der Waals surface area (Å²) in [4.78, 5) is 0. The molecule has 40 valence electrons. The van der Waals surface area contributed by atoms with Gasteiger partial charge in [0.2, 0.25) is 0 Å². The van der Waals surface area contributed by atoms with Crippen LogP contribution in [-0.4, -0.2) is 12.6 Å². The van der Waals surface area contributed by atoms with Gasteiger partial charge < -0.3 is 11.2 Å². The van der Waals surface area contributed by atoms with Gasteiger partial charge in [0.15, 0.2) is 0 Å². The molecule has 1 aliphatic rings. The highest BCUT2D eigenvalue weighted by atomic mass is 15.3. The minimum Gasteiger partial charge on any atom is -0.329 e. The maximum absolute atomic E-state index is 5.45. The summed E-state index contributed by atoms with van der Waals surface area (Å²) in [6.45, 7) is 0.816. The average molecular weight is 99.1 g/mol. The zero-order chi connectivity index (χ0) is 5.11. The Kier molecular flexibility index (Phi) is 1.29. The Morgan fingerprint density at radius 3 is 2.86 bits per heavy atom. The number of rotatable bonds is 0. The largest absolute Gasteiger partial charge is 0.329 e. The second-order valence-electron chi connectivity index (χ2n) is 1.55. The summed E-state index contributed by atoms with van der Waals surface area (Å²) in [6.07, 6.45) is 3.71. The van der Waals surface area contributed by atoms with Crippen LogP contribution in [-0.2, 0) is 0 Å². The van der Waals surface area contributed by atoms with E-state index in [9.17, 15) is 0 Å². The van der Waals surface area contributed by atoms with Crippen molar-refractivity contribution in [2.75, 3.05) is 6.54 Å². The summed E-state index contributed by atoms with van der Waals surface area (Å²) in [5.74, 6) is 0. The Hall–Kier alpha value is -0.540. The van der Waals surface area contributed by atoms with Crippen LogP contribution in [0.3, 0.4) is 0 Å². The molecular weight excluding hydrogens is 90.1 g/mol. The Labute approximate surface area is 42.5 Å². The van der Waals surface area contributed by atoms with Crippen molar-refractivity contribution in [2.45, 2.75) is 6.04 Å². The fourth-order valence-electron chi connectivity index (χ4n) is 0.475. The molecule has 0 spiro atoms. The van der Waals surface area contributed by atoms with E-state index in [1.807, 2.05) is 6.08 Å². The SMILES string of the molecule is NC1C=CNNC1. The van der Waals surface area contributed by atoms with Crippen LogP contribution in [0.1, 0.15) is 0 Å². The van der Waals surface area contributed by atoms with Crippen molar-refractivity contribution < 1.29 is 0 Å². The van der Waals surface area contributed by atoms with E-state index < -0.39 is 0 Å². The molecule has 1 rings (SSSR count). The maximum Gasteiger partial charge on any atom is 0.0386 e. The fourth-order valence-corrected chi connectivity index (χ4v) is 0.475. The second kappa shape index (κ2) is 1.95. The van der Waals surface area contributed by atoms with E-state index >= 15 is 0 Å². The van der Waals surface area contributed by atoms with Crippen LogP contribution in [0.15, 0.2) is 12.3 Å². The van der Waals surface area contributed by atoms with Crippen molar-refractivity contribution >= 4 is 0 Å². The van der Waals surface area contributed by atoms with Crippen LogP contribution in [0.4, 0.5) is 0 Å². The molecule has 1 heterocycles. The molecule has 0 aliphatic carbocycles. The van der Waals surface area contributed by atoms with Crippen molar-refractivity contribution in [1.82, 2.24) is 10.9 Å². The van der Waals surface area contributed by atoms with E-state index in [0.29, 0.717) is 0 Å². The lowest BCUT2D eigenvalue weighted by Crippen LogP contribution is -2.42. The first-order chi connectivity index (χ1) is 3.39. The summed E-state index contributed by atoms with van der Waals surface area (Å²) >= 11 is 0. The first kappa shape index (κ1) is 4.61. The van der Waals surface area contributed by atoms with E-state index in [0.717, 1.165) is 6.54 Å². The van der Waals surface area contributed by atoms with Crippen molar-refractivity contribution in [3.63, 3.8) is 0 Å². The lowest BCUT2D eigenvalue weighted by atomic mass is 10.3. The molecule has 0 saturated carbocycles. The first-order valence-electron chi connectivity index (χ1n) is 2.30. The second-order valence-corrected chi connectivity index (χ2v) is 1.55. The highest BCUT2D eigenvalue weighted by molar-refractivity contribution is 4.93. The molecule has 0 radical (unpaired) electrons. The normalized spacial score (nSPS) is 29.6. The molecule has 3 nitrogen and oxygen atoms in total. The molecule has 4 N–H and O–H groups in total. The van der Waals surface area contributed by atoms with Gasteiger partial charge in [0.05, 0.1) is 0 Å². The zero-order valence-electron chi connectivity index (χ0n) is 4.02. The maximum atomic E-state index is 5.45. The van der Waals surface area contributed by atoms with Gasteiger partial charge >= 0.3 is 0 Å². The molecule has 0 amide bonds. The lowest BCUT2D eigenvalue weighted by molar-refractivity contribution is 0.560. The number of hydrogen-bond acceptors (Lipinski definition) is 3. The Morgan fingerprint density at radius 1 is 1.71 bits per heavy atom. The van der Waals surface area contributed by atoms with Gasteiger partial charge in [0, 0.05) is 18.8 Å². The van der Waals surface area contributed by atoms with Gasteiger partial charge in [0.25, 0.3) is 0 Å². The quantitative estimate of drug-likeness (QED) is 0.362. The third-order valence-electron chi connectivity index (χ3n) is 0.867. The number of hydrazine groups is 1. The smallest absolute Gasteiger partial charge is 0.0386 e. The third kappa shape index (κ3) is 1.17. The molecule has 1 atom stereocenters.